The van der Waals surface area contributed by atoms with E-state index in [1.807, 2.05) is 53.4 Å². The number of hydrogen-bond acceptors (Lipinski definition) is 2. The number of hydrogen-bond donors (Lipinski definition) is 0. The highest BCUT2D eigenvalue weighted by Crippen LogP contribution is 2.51. The SMILES string of the molecule is Fc1ccccc1N1c2ccccc2Sc2ccccc21. The van der Waals surface area contributed by atoms with Gasteiger partial charge < -0.3 is 4.90 Å². The molecule has 0 spiro atoms. The first-order chi connectivity index (χ1) is 10.3. The van der Waals surface area contributed by atoms with Gasteiger partial charge in [-0.1, -0.05) is 48.2 Å². The molecule has 4 rings (SSSR count). The Balaban J connectivity index is 2.00. The number of anilines is 3. The van der Waals surface area contributed by atoms with Gasteiger partial charge in [0.1, 0.15) is 5.82 Å². The Kier molecular flexibility index (Phi) is 2.93. The van der Waals surface area contributed by atoms with Gasteiger partial charge in [-0.15, -0.1) is 0 Å². The zero-order chi connectivity index (χ0) is 14.2. The second-order valence-electron chi connectivity index (χ2n) is 4.82. The highest BCUT2D eigenvalue weighted by molar-refractivity contribution is 7.99. The van der Waals surface area contributed by atoms with Crippen molar-refractivity contribution in [1.82, 2.24) is 0 Å². The highest BCUT2D eigenvalue weighted by atomic mass is 32.2. The molecule has 0 fully saturated rings. The minimum Gasteiger partial charge on any atom is -0.305 e. The fourth-order valence-corrected chi connectivity index (χ4v) is 3.66. The van der Waals surface area contributed by atoms with E-state index in [-0.39, 0.29) is 5.82 Å². The van der Waals surface area contributed by atoms with Crippen molar-refractivity contribution in [3.8, 4) is 0 Å². The molecule has 0 unspecified atom stereocenters. The Morgan fingerprint density at radius 3 is 1.67 bits per heavy atom. The van der Waals surface area contributed by atoms with Crippen LogP contribution in [0.15, 0.2) is 82.6 Å². The molecule has 1 heterocycles. The van der Waals surface area contributed by atoms with Crippen LogP contribution in [0.2, 0.25) is 0 Å². The van der Waals surface area contributed by atoms with Crippen molar-refractivity contribution in [1.29, 1.82) is 0 Å². The molecule has 0 N–H and O–H groups in total. The zero-order valence-electron chi connectivity index (χ0n) is 11.2. The van der Waals surface area contributed by atoms with Crippen LogP contribution >= 0.6 is 11.8 Å². The number of nitrogens with zero attached hydrogens (tertiary/aromatic N) is 1. The molecule has 0 aromatic heterocycles. The standard InChI is InChI=1S/C18H12FNS/c19-13-7-1-2-8-14(13)20-15-9-3-5-11-17(15)21-18-12-6-4-10-16(18)20/h1-12H. The molecular formula is C18H12FNS. The van der Waals surface area contributed by atoms with E-state index in [4.69, 9.17) is 0 Å². The third-order valence-corrected chi connectivity index (χ3v) is 4.66. The van der Waals surface area contributed by atoms with Crippen molar-refractivity contribution in [2.45, 2.75) is 9.79 Å². The third kappa shape index (κ3) is 2.01. The zero-order valence-corrected chi connectivity index (χ0v) is 12.0. The maximum Gasteiger partial charge on any atom is 0.147 e. The summed E-state index contributed by atoms with van der Waals surface area (Å²) in [6.45, 7) is 0. The summed E-state index contributed by atoms with van der Waals surface area (Å²) < 4.78 is 14.3. The van der Waals surface area contributed by atoms with E-state index in [1.165, 1.54) is 6.07 Å². The van der Waals surface area contributed by atoms with Crippen LogP contribution in [0.5, 0.6) is 0 Å². The maximum atomic E-state index is 14.3. The predicted octanol–water partition coefficient (Wildman–Crippen LogP) is 5.76. The van der Waals surface area contributed by atoms with Crippen LogP contribution in [0.4, 0.5) is 21.5 Å². The molecule has 0 saturated heterocycles. The molecule has 3 aromatic rings. The topological polar surface area (TPSA) is 3.24 Å². The van der Waals surface area contributed by atoms with Crippen molar-refractivity contribution in [2.24, 2.45) is 0 Å². The molecule has 21 heavy (non-hydrogen) atoms. The highest BCUT2D eigenvalue weighted by Gasteiger charge is 2.25. The Morgan fingerprint density at radius 1 is 0.619 bits per heavy atom. The van der Waals surface area contributed by atoms with E-state index >= 15 is 0 Å². The lowest BCUT2D eigenvalue weighted by molar-refractivity contribution is 0.628. The van der Waals surface area contributed by atoms with Gasteiger partial charge >= 0.3 is 0 Å². The second-order valence-corrected chi connectivity index (χ2v) is 5.91. The summed E-state index contributed by atoms with van der Waals surface area (Å²) in [6, 6.07) is 23.1. The van der Waals surface area contributed by atoms with Crippen molar-refractivity contribution < 1.29 is 4.39 Å². The molecule has 3 heteroatoms. The molecule has 0 bridgehead atoms. The van der Waals surface area contributed by atoms with E-state index < -0.39 is 0 Å². The van der Waals surface area contributed by atoms with Gasteiger partial charge in [-0.05, 0) is 36.4 Å². The molecule has 1 nitrogen and oxygen atoms in total. The molecule has 1 aliphatic rings. The molecule has 102 valence electrons. The summed E-state index contributed by atoms with van der Waals surface area (Å²) in [6.07, 6.45) is 0. The van der Waals surface area contributed by atoms with Crippen molar-refractivity contribution in [2.75, 3.05) is 4.90 Å². The Bertz CT molecular complexity index is 755. The van der Waals surface area contributed by atoms with E-state index in [1.54, 1.807) is 17.8 Å². The molecule has 0 aliphatic carbocycles. The molecule has 0 atom stereocenters. The molecular weight excluding hydrogens is 281 g/mol. The number of rotatable bonds is 1. The number of para-hydroxylation sites is 3. The monoisotopic (exact) mass is 293 g/mol. The van der Waals surface area contributed by atoms with Gasteiger partial charge in [0.25, 0.3) is 0 Å². The van der Waals surface area contributed by atoms with Gasteiger partial charge in [0.2, 0.25) is 0 Å². The second kappa shape index (κ2) is 4.93. The average Bonchev–Trinajstić information content (AvgIpc) is 2.53. The largest absolute Gasteiger partial charge is 0.305 e. The van der Waals surface area contributed by atoms with Crippen LogP contribution in [0.25, 0.3) is 0 Å². The van der Waals surface area contributed by atoms with Gasteiger partial charge in [0, 0.05) is 9.79 Å². The van der Waals surface area contributed by atoms with Crippen molar-refractivity contribution >= 4 is 28.8 Å². The predicted molar refractivity (Wildman–Crippen MR) is 85.2 cm³/mol. The molecule has 0 saturated carbocycles. The Hall–Kier alpha value is -2.26. The fourth-order valence-electron chi connectivity index (χ4n) is 2.60. The van der Waals surface area contributed by atoms with Crippen LogP contribution in [-0.4, -0.2) is 0 Å². The average molecular weight is 293 g/mol. The van der Waals surface area contributed by atoms with Gasteiger partial charge in [-0.2, -0.15) is 0 Å². The molecule has 1 aliphatic heterocycles. The minimum atomic E-state index is -0.214. The van der Waals surface area contributed by atoms with Gasteiger partial charge in [0.15, 0.2) is 0 Å². The smallest absolute Gasteiger partial charge is 0.147 e. The van der Waals surface area contributed by atoms with Crippen LogP contribution < -0.4 is 4.90 Å². The lowest BCUT2D eigenvalue weighted by Crippen LogP contribution is -2.15. The summed E-state index contributed by atoms with van der Waals surface area (Å²) >= 11 is 1.72. The summed E-state index contributed by atoms with van der Waals surface area (Å²) in [5, 5.41) is 0. The van der Waals surface area contributed by atoms with Gasteiger partial charge in [0.05, 0.1) is 17.1 Å². The maximum absolute atomic E-state index is 14.3. The van der Waals surface area contributed by atoms with Crippen molar-refractivity contribution in [3.05, 3.63) is 78.6 Å². The lowest BCUT2D eigenvalue weighted by atomic mass is 10.2. The Morgan fingerprint density at radius 2 is 1.10 bits per heavy atom. The van der Waals surface area contributed by atoms with Crippen LogP contribution in [0.3, 0.4) is 0 Å². The van der Waals surface area contributed by atoms with Gasteiger partial charge in [-0.3, -0.25) is 0 Å². The molecule has 0 radical (unpaired) electrons. The number of benzene rings is 3. The number of fused-ring (bicyclic) bond motifs is 2. The van der Waals surface area contributed by atoms with Crippen molar-refractivity contribution in [3.63, 3.8) is 0 Å². The van der Waals surface area contributed by atoms with Crippen LogP contribution in [-0.2, 0) is 0 Å². The molecule has 3 aromatic carbocycles. The van der Waals surface area contributed by atoms with E-state index in [9.17, 15) is 4.39 Å². The summed E-state index contributed by atoms with van der Waals surface area (Å²) in [4.78, 5) is 4.27. The van der Waals surface area contributed by atoms with Crippen LogP contribution in [0, 0.1) is 5.82 Å². The van der Waals surface area contributed by atoms with E-state index in [0.717, 1.165) is 21.2 Å². The van der Waals surface area contributed by atoms with Gasteiger partial charge in [-0.25, -0.2) is 4.39 Å². The fraction of sp³-hybridized carbons (Fsp3) is 0. The quantitative estimate of drug-likeness (QED) is 0.439. The molecule has 0 amide bonds. The number of halogens is 1. The normalized spacial score (nSPS) is 12.7. The third-order valence-electron chi connectivity index (χ3n) is 3.53. The summed E-state index contributed by atoms with van der Waals surface area (Å²) in [5.41, 5.74) is 2.62. The van der Waals surface area contributed by atoms with E-state index in [0.29, 0.717) is 5.69 Å². The lowest BCUT2D eigenvalue weighted by Gasteiger charge is -2.32. The first-order valence-corrected chi connectivity index (χ1v) is 7.57. The Labute approximate surface area is 127 Å². The van der Waals surface area contributed by atoms with Crippen LogP contribution in [0.1, 0.15) is 0 Å². The minimum absolute atomic E-state index is 0.214. The summed E-state index contributed by atoms with van der Waals surface area (Å²) in [5.74, 6) is -0.214. The van der Waals surface area contributed by atoms with E-state index in [2.05, 4.69) is 12.1 Å². The first kappa shape index (κ1) is 12.5. The first-order valence-electron chi connectivity index (χ1n) is 6.75. The summed E-state index contributed by atoms with van der Waals surface area (Å²) in [7, 11) is 0.